The zero-order chi connectivity index (χ0) is 13.2. The van der Waals surface area contributed by atoms with Crippen molar-refractivity contribution in [3.05, 3.63) is 41.5 Å². The fourth-order valence-electron chi connectivity index (χ4n) is 1.72. The summed E-state index contributed by atoms with van der Waals surface area (Å²) in [4.78, 5) is 8.36. The molecule has 0 atom stereocenters. The summed E-state index contributed by atoms with van der Waals surface area (Å²) in [6.45, 7) is 0. The van der Waals surface area contributed by atoms with E-state index in [-0.39, 0.29) is 0 Å². The smallest absolute Gasteiger partial charge is 0.153 e. The molecule has 3 N–H and O–H groups in total. The largest absolute Gasteiger partial charge is 0.396 e. The number of benzene rings is 1. The average molecular weight is 267 g/mol. The number of nitrogens with one attached hydrogen (secondary N) is 1. The lowest BCUT2D eigenvalue weighted by molar-refractivity contribution is 1.29. The second kappa shape index (κ2) is 4.55. The van der Waals surface area contributed by atoms with Crippen LogP contribution in [0.4, 0.5) is 17.2 Å². The van der Waals surface area contributed by atoms with E-state index in [4.69, 9.17) is 11.0 Å². The number of anilines is 3. The molecule has 0 bridgehead atoms. The van der Waals surface area contributed by atoms with Crippen molar-refractivity contribution in [2.75, 3.05) is 11.1 Å². The number of fused-ring (bicyclic) bond motifs is 1. The van der Waals surface area contributed by atoms with Crippen LogP contribution in [0.3, 0.4) is 0 Å². The van der Waals surface area contributed by atoms with Crippen molar-refractivity contribution in [1.29, 1.82) is 5.26 Å². The van der Waals surface area contributed by atoms with Gasteiger partial charge in [0.25, 0.3) is 0 Å². The van der Waals surface area contributed by atoms with Gasteiger partial charge in [-0.15, -0.1) is 11.3 Å². The van der Waals surface area contributed by atoms with Gasteiger partial charge >= 0.3 is 0 Å². The third kappa shape index (κ3) is 2.19. The lowest BCUT2D eigenvalue weighted by Crippen LogP contribution is -1.99. The van der Waals surface area contributed by atoms with Gasteiger partial charge in [0.05, 0.1) is 27.0 Å². The molecule has 0 spiro atoms. The summed E-state index contributed by atoms with van der Waals surface area (Å²) in [6.07, 6.45) is 1.49. The molecule has 2 aromatic heterocycles. The number of thiazole rings is 1. The number of pyridine rings is 1. The topological polar surface area (TPSA) is 87.6 Å². The summed E-state index contributed by atoms with van der Waals surface area (Å²) in [5.74, 6) is 0.544. The van der Waals surface area contributed by atoms with Crippen LogP contribution in [-0.4, -0.2) is 9.97 Å². The van der Waals surface area contributed by atoms with E-state index in [2.05, 4.69) is 15.3 Å². The van der Waals surface area contributed by atoms with Gasteiger partial charge < -0.3 is 11.1 Å². The quantitative estimate of drug-likeness (QED) is 0.745. The molecule has 0 aliphatic rings. The van der Waals surface area contributed by atoms with E-state index in [1.807, 2.05) is 29.8 Å². The standard InChI is InChI=1S/C13H9N5S/c14-5-8-3-10(15)13(16-6-8)18-9-1-2-11-12(4-9)19-7-17-11/h1-4,6-7H,15H2,(H,16,18). The van der Waals surface area contributed by atoms with E-state index in [0.717, 1.165) is 15.9 Å². The Bertz CT molecular complexity index is 787. The molecule has 0 radical (unpaired) electrons. The first-order valence-corrected chi connectivity index (χ1v) is 6.40. The molecule has 2 heterocycles. The van der Waals surface area contributed by atoms with Crippen LogP contribution >= 0.6 is 11.3 Å². The summed E-state index contributed by atoms with van der Waals surface area (Å²) < 4.78 is 1.09. The predicted octanol–water partition coefficient (Wildman–Crippen LogP) is 2.89. The second-order valence-corrected chi connectivity index (χ2v) is 4.82. The lowest BCUT2D eigenvalue weighted by Gasteiger charge is -2.08. The second-order valence-electron chi connectivity index (χ2n) is 3.93. The highest BCUT2D eigenvalue weighted by Gasteiger charge is 2.04. The van der Waals surface area contributed by atoms with Gasteiger partial charge in [-0.3, -0.25) is 0 Å². The van der Waals surface area contributed by atoms with Crippen LogP contribution in [0, 0.1) is 11.3 Å². The Morgan fingerprint density at radius 2 is 2.16 bits per heavy atom. The molecule has 0 aliphatic carbocycles. The normalized spacial score (nSPS) is 10.3. The van der Waals surface area contributed by atoms with Crippen molar-refractivity contribution in [1.82, 2.24) is 9.97 Å². The van der Waals surface area contributed by atoms with Gasteiger partial charge in [-0.05, 0) is 24.3 Å². The van der Waals surface area contributed by atoms with Crippen LogP contribution in [0.15, 0.2) is 36.0 Å². The Kier molecular flexibility index (Phi) is 2.74. The third-order valence-electron chi connectivity index (χ3n) is 2.64. The van der Waals surface area contributed by atoms with Crippen molar-refractivity contribution in [3.63, 3.8) is 0 Å². The van der Waals surface area contributed by atoms with E-state index < -0.39 is 0 Å². The van der Waals surface area contributed by atoms with Crippen LogP contribution < -0.4 is 11.1 Å². The zero-order valence-corrected chi connectivity index (χ0v) is 10.6. The molecule has 92 valence electrons. The Hall–Kier alpha value is -2.65. The SMILES string of the molecule is N#Cc1cnc(Nc2ccc3ncsc3c2)c(N)c1. The van der Waals surface area contributed by atoms with Crippen LogP contribution in [0.5, 0.6) is 0 Å². The number of hydrogen-bond acceptors (Lipinski definition) is 6. The van der Waals surface area contributed by atoms with E-state index >= 15 is 0 Å². The van der Waals surface area contributed by atoms with Gasteiger partial charge in [-0.25, -0.2) is 9.97 Å². The monoisotopic (exact) mass is 267 g/mol. The fraction of sp³-hybridized carbons (Fsp3) is 0. The van der Waals surface area contributed by atoms with Crippen molar-refractivity contribution in [2.45, 2.75) is 0 Å². The maximum atomic E-state index is 8.77. The molecule has 0 unspecified atom stereocenters. The predicted molar refractivity (Wildman–Crippen MR) is 76.3 cm³/mol. The summed E-state index contributed by atoms with van der Waals surface area (Å²) in [5.41, 5.74) is 10.4. The number of nitrogens with two attached hydrogens (primary N) is 1. The minimum Gasteiger partial charge on any atom is -0.396 e. The molecule has 0 saturated carbocycles. The molecule has 0 aliphatic heterocycles. The van der Waals surface area contributed by atoms with Crippen LogP contribution in [0.1, 0.15) is 5.56 Å². The number of aromatic nitrogens is 2. The molecule has 5 nitrogen and oxygen atoms in total. The van der Waals surface area contributed by atoms with Crippen LogP contribution in [0.2, 0.25) is 0 Å². The number of hydrogen-bond donors (Lipinski definition) is 2. The first-order valence-electron chi connectivity index (χ1n) is 5.52. The molecule has 0 saturated heterocycles. The number of nitrogen functional groups attached to an aromatic ring is 1. The average Bonchev–Trinajstić information content (AvgIpc) is 2.88. The summed E-state index contributed by atoms with van der Waals surface area (Å²) in [5, 5.41) is 11.9. The third-order valence-corrected chi connectivity index (χ3v) is 3.43. The maximum Gasteiger partial charge on any atom is 0.153 e. The summed E-state index contributed by atoms with van der Waals surface area (Å²) in [7, 11) is 0. The van der Waals surface area contributed by atoms with Crippen molar-refractivity contribution < 1.29 is 0 Å². The van der Waals surface area contributed by atoms with Gasteiger partial charge in [0.2, 0.25) is 0 Å². The van der Waals surface area contributed by atoms with Crippen molar-refractivity contribution >= 4 is 38.7 Å². The fourth-order valence-corrected chi connectivity index (χ4v) is 2.43. The highest BCUT2D eigenvalue weighted by atomic mass is 32.1. The number of nitriles is 1. The van der Waals surface area contributed by atoms with E-state index in [1.165, 1.54) is 6.20 Å². The molecule has 0 fully saturated rings. The van der Waals surface area contributed by atoms with Crippen LogP contribution in [-0.2, 0) is 0 Å². The molecular formula is C13H9N5S. The van der Waals surface area contributed by atoms with Gasteiger partial charge in [0.15, 0.2) is 5.82 Å². The Morgan fingerprint density at radius 3 is 2.95 bits per heavy atom. The highest BCUT2D eigenvalue weighted by Crippen LogP contribution is 2.26. The lowest BCUT2D eigenvalue weighted by atomic mass is 10.2. The minimum absolute atomic E-state index is 0.445. The van der Waals surface area contributed by atoms with E-state index in [9.17, 15) is 0 Å². The van der Waals surface area contributed by atoms with E-state index in [1.54, 1.807) is 17.4 Å². The van der Waals surface area contributed by atoms with E-state index in [0.29, 0.717) is 17.1 Å². The van der Waals surface area contributed by atoms with Crippen LogP contribution in [0.25, 0.3) is 10.2 Å². The molecular weight excluding hydrogens is 258 g/mol. The van der Waals surface area contributed by atoms with Crippen molar-refractivity contribution in [3.8, 4) is 6.07 Å². The highest BCUT2D eigenvalue weighted by molar-refractivity contribution is 7.16. The van der Waals surface area contributed by atoms with Gasteiger partial charge in [0.1, 0.15) is 6.07 Å². The molecule has 6 heteroatoms. The first-order chi connectivity index (χ1) is 9.26. The first kappa shape index (κ1) is 11.4. The summed E-state index contributed by atoms with van der Waals surface area (Å²) in [6, 6.07) is 9.45. The van der Waals surface area contributed by atoms with Gasteiger partial charge in [-0.2, -0.15) is 5.26 Å². The molecule has 3 rings (SSSR count). The number of rotatable bonds is 2. The van der Waals surface area contributed by atoms with Crippen molar-refractivity contribution in [2.24, 2.45) is 0 Å². The molecule has 19 heavy (non-hydrogen) atoms. The van der Waals surface area contributed by atoms with Gasteiger partial charge in [0, 0.05) is 11.9 Å². The van der Waals surface area contributed by atoms with Gasteiger partial charge in [-0.1, -0.05) is 0 Å². The Balaban J connectivity index is 1.94. The summed E-state index contributed by atoms with van der Waals surface area (Å²) >= 11 is 1.58. The molecule has 1 aromatic carbocycles. The molecule has 3 aromatic rings. The Labute approximate surface area is 113 Å². The Morgan fingerprint density at radius 1 is 1.26 bits per heavy atom. The molecule has 0 amide bonds. The number of nitrogens with zero attached hydrogens (tertiary/aromatic N) is 3. The zero-order valence-electron chi connectivity index (χ0n) is 9.79. The minimum atomic E-state index is 0.445. The maximum absolute atomic E-state index is 8.77.